The Morgan fingerprint density at radius 3 is 1.92 bits per heavy atom. The first-order valence-electron chi connectivity index (χ1n) is 8.91. The van der Waals surface area contributed by atoms with E-state index in [4.69, 9.17) is 9.79 Å². The van der Waals surface area contributed by atoms with Gasteiger partial charge in [-0.1, -0.05) is 58.8 Å². The van der Waals surface area contributed by atoms with Crippen molar-refractivity contribution in [3.63, 3.8) is 0 Å². The minimum absolute atomic E-state index is 0.0295. The summed E-state index contributed by atoms with van der Waals surface area (Å²) in [4.78, 5) is 17.3. The van der Waals surface area contributed by atoms with Gasteiger partial charge in [-0.15, -0.1) is 0 Å². The van der Waals surface area contributed by atoms with Gasteiger partial charge in [0.05, 0.1) is 12.4 Å². The Hall–Kier alpha value is 0.0200. The SMILES string of the molecule is CCCCCCCCCCS(=O)(=O)N(CCC)CCOP(=O)(O)O. The lowest BCUT2D eigenvalue weighted by atomic mass is 10.1. The first kappa shape index (κ1) is 24.0. The van der Waals surface area contributed by atoms with Gasteiger partial charge in [-0.3, -0.25) is 4.52 Å². The number of phosphoric acid groups is 1. The van der Waals surface area contributed by atoms with Crippen LogP contribution in [0.5, 0.6) is 0 Å². The summed E-state index contributed by atoms with van der Waals surface area (Å²) in [5.41, 5.74) is 0. The summed E-state index contributed by atoms with van der Waals surface area (Å²) in [6.45, 7) is 4.05. The van der Waals surface area contributed by atoms with E-state index < -0.39 is 17.8 Å². The Balaban J connectivity index is 4.10. The van der Waals surface area contributed by atoms with Crippen molar-refractivity contribution < 1.29 is 27.3 Å². The van der Waals surface area contributed by atoms with Crippen LogP contribution in [0.2, 0.25) is 0 Å². The number of phosphoric ester groups is 1. The number of nitrogens with zero attached hydrogens (tertiary/aromatic N) is 1. The van der Waals surface area contributed by atoms with E-state index in [0.717, 1.165) is 19.3 Å². The number of sulfonamides is 1. The second kappa shape index (κ2) is 13.3. The molecule has 0 fully saturated rings. The Kier molecular flexibility index (Phi) is 13.3. The van der Waals surface area contributed by atoms with Crippen LogP contribution >= 0.6 is 7.82 Å². The summed E-state index contributed by atoms with van der Waals surface area (Å²) in [5.74, 6) is 0.0812. The van der Waals surface area contributed by atoms with Crippen LogP contribution in [-0.4, -0.2) is 48.0 Å². The second-order valence-corrected chi connectivity index (χ2v) is 9.34. The van der Waals surface area contributed by atoms with Gasteiger partial charge in [0.1, 0.15) is 0 Å². The molecule has 0 atom stereocenters. The predicted molar refractivity (Wildman–Crippen MR) is 96.3 cm³/mol. The van der Waals surface area contributed by atoms with Gasteiger partial charge in [-0.25, -0.2) is 13.0 Å². The monoisotopic (exact) mass is 387 g/mol. The van der Waals surface area contributed by atoms with Gasteiger partial charge in [0.15, 0.2) is 0 Å². The number of hydrogen-bond donors (Lipinski definition) is 2. The van der Waals surface area contributed by atoms with Crippen molar-refractivity contribution in [2.75, 3.05) is 25.4 Å². The fourth-order valence-electron chi connectivity index (χ4n) is 2.45. The summed E-state index contributed by atoms with van der Waals surface area (Å²) >= 11 is 0. The van der Waals surface area contributed by atoms with Crippen molar-refractivity contribution >= 4 is 17.8 Å². The first-order valence-corrected chi connectivity index (χ1v) is 12.0. The molecule has 0 aliphatic rings. The van der Waals surface area contributed by atoms with Crippen molar-refractivity contribution in [2.45, 2.75) is 71.6 Å². The van der Waals surface area contributed by atoms with E-state index >= 15 is 0 Å². The number of rotatable bonds is 16. The lowest BCUT2D eigenvalue weighted by Crippen LogP contribution is -2.36. The quantitative estimate of drug-likeness (QED) is 0.311. The van der Waals surface area contributed by atoms with Gasteiger partial charge in [0.25, 0.3) is 0 Å². The van der Waals surface area contributed by atoms with Crippen molar-refractivity contribution in [3.8, 4) is 0 Å². The molecule has 0 radical (unpaired) electrons. The molecule has 0 aromatic carbocycles. The van der Waals surface area contributed by atoms with E-state index in [1.807, 2.05) is 6.92 Å². The zero-order valence-electron chi connectivity index (χ0n) is 15.0. The lowest BCUT2D eigenvalue weighted by Gasteiger charge is -2.21. The average Bonchev–Trinajstić information content (AvgIpc) is 2.48. The molecule has 2 N–H and O–H groups in total. The van der Waals surface area contributed by atoms with Gasteiger partial charge < -0.3 is 9.79 Å². The third kappa shape index (κ3) is 13.3. The Morgan fingerprint density at radius 2 is 1.42 bits per heavy atom. The maximum absolute atomic E-state index is 12.3. The lowest BCUT2D eigenvalue weighted by molar-refractivity contribution is 0.184. The third-order valence-corrected chi connectivity index (χ3v) is 6.20. The molecule has 0 saturated carbocycles. The fourth-order valence-corrected chi connectivity index (χ4v) is 4.41. The normalized spacial score (nSPS) is 12.9. The van der Waals surface area contributed by atoms with Crippen molar-refractivity contribution in [2.24, 2.45) is 0 Å². The summed E-state index contributed by atoms with van der Waals surface area (Å²) in [6, 6.07) is 0. The Morgan fingerprint density at radius 1 is 0.875 bits per heavy atom. The zero-order valence-corrected chi connectivity index (χ0v) is 16.7. The fraction of sp³-hybridized carbons (Fsp3) is 1.00. The van der Waals surface area contributed by atoms with Gasteiger partial charge in [0, 0.05) is 13.1 Å². The van der Waals surface area contributed by atoms with Crippen LogP contribution in [0.25, 0.3) is 0 Å². The molecule has 0 aliphatic carbocycles. The molecule has 24 heavy (non-hydrogen) atoms. The Bertz CT molecular complexity index is 451. The summed E-state index contributed by atoms with van der Waals surface area (Å²) < 4.78 is 40.9. The van der Waals surface area contributed by atoms with E-state index in [9.17, 15) is 13.0 Å². The van der Waals surface area contributed by atoms with Gasteiger partial charge >= 0.3 is 7.82 Å². The van der Waals surface area contributed by atoms with Gasteiger partial charge in [-0.05, 0) is 12.8 Å². The van der Waals surface area contributed by atoms with E-state index in [2.05, 4.69) is 11.4 Å². The molecule has 0 rings (SSSR count). The van der Waals surface area contributed by atoms with Crippen LogP contribution in [-0.2, 0) is 19.1 Å². The van der Waals surface area contributed by atoms with E-state index in [0.29, 0.717) is 19.4 Å². The smallest absolute Gasteiger partial charge is 0.303 e. The largest absolute Gasteiger partial charge is 0.469 e. The van der Waals surface area contributed by atoms with Crippen LogP contribution in [0, 0.1) is 0 Å². The molecule has 0 aromatic heterocycles. The average molecular weight is 387 g/mol. The summed E-state index contributed by atoms with van der Waals surface area (Å²) in [5, 5.41) is 0. The molecule has 0 amide bonds. The Labute approximate surface area is 147 Å². The number of hydrogen-bond acceptors (Lipinski definition) is 4. The summed E-state index contributed by atoms with van der Waals surface area (Å²) in [7, 11) is -7.96. The highest BCUT2D eigenvalue weighted by Gasteiger charge is 2.22. The van der Waals surface area contributed by atoms with Crippen molar-refractivity contribution in [3.05, 3.63) is 0 Å². The van der Waals surface area contributed by atoms with Crippen LogP contribution < -0.4 is 0 Å². The molecule has 0 saturated heterocycles. The maximum atomic E-state index is 12.3. The molecular weight excluding hydrogens is 353 g/mol. The molecule has 9 heteroatoms. The van der Waals surface area contributed by atoms with Crippen LogP contribution in [0.15, 0.2) is 0 Å². The molecular formula is C15H34NO6PS. The molecule has 0 spiro atoms. The van der Waals surface area contributed by atoms with Crippen molar-refractivity contribution in [1.29, 1.82) is 0 Å². The standard InChI is InChI=1S/C15H34NO6PS/c1-3-5-6-7-8-9-10-11-15-24(20,21)16(12-4-2)13-14-22-23(17,18)19/h3-15H2,1-2H3,(H2,17,18,19). The minimum atomic E-state index is -4.56. The molecule has 0 unspecified atom stereocenters. The second-order valence-electron chi connectivity index (χ2n) is 6.01. The first-order chi connectivity index (χ1) is 11.2. The molecule has 0 aliphatic heterocycles. The third-order valence-electron chi connectivity index (χ3n) is 3.72. The molecule has 146 valence electrons. The maximum Gasteiger partial charge on any atom is 0.469 e. The summed E-state index contributed by atoms with van der Waals surface area (Å²) in [6.07, 6.45) is 9.30. The van der Waals surface area contributed by atoms with E-state index in [1.165, 1.54) is 30.0 Å². The highest BCUT2D eigenvalue weighted by atomic mass is 32.2. The predicted octanol–water partition coefficient (Wildman–Crippen LogP) is 3.28. The van der Waals surface area contributed by atoms with Crippen LogP contribution in [0.3, 0.4) is 0 Å². The highest BCUT2D eigenvalue weighted by Crippen LogP contribution is 2.35. The van der Waals surface area contributed by atoms with Gasteiger partial charge in [-0.2, -0.15) is 4.31 Å². The topological polar surface area (TPSA) is 104 Å². The van der Waals surface area contributed by atoms with Crippen LogP contribution in [0.4, 0.5) is 0 Å². The molecule has 0 bridgehead atoms. The molecule has 0 heterocycles. The van der Waals surface area contributed by atoms with E-state index in [1.54, 1.807) is 0 Å². The zero-order chi connectivity index (χ0) is 18.5. The molecule has 0 aromatic rings. The molecule has 7 nitrogen and oxygen atoms in total. The van der Waals surface area contributed by atoms with Crippen molar-refractivity contribution in [1.82, 2.24) is 4.31 Å². The van der Waals surface area contributed by atoms with Crippen LogP contribution in [0.1, 0.15) is 71.6 Å². The number of unbranched alkanes of at least 4 members (excludes halogenated alkanes) is 7. The van der Waals surface area contributed by atoms with E-state index in [-0.39, 0.29) is 18.9 Å². The van der Waals surface area contributed by atoms with Gasteiger partial charge in [0.2, 0.25) is 10.0 Å². The minimum Gasteiger partial charge on any atom is -0.303 e. The highest BCUT2D eigenvalue weighted by molar-refractivity contribution is 7.89.